The van der Waals surface area contributed by atoms with Gasteiger partial charge in [-0.25, -0.2) is 9.97 Å². The molecule has 0 spiro atoms. The number of carbonyl (C=O) groups is 1. The van der Waals surface area contributed by atoms with Crippen molar-refractivity contribution < 1.29 is 4.79 Å². The molecule has 1 aromatic carbocycles. The number of carbonyl (C=O) groups excluding carboxylic acids is 1. The highest BCUT2D eigenvalue weighted by molar-refractivity contribution is 5.81. The summed E-state index contributed by atoms with van der Waals surface area (Å²) in [6.07, 6.45) is 7.50. The fourth-order valence-electron chi connectivity index (χ4n) is 3.10. The molecular formula is C23H24N4O. The van der Waals surface area contributed by atoms with Crippen LogP contribution in [0, 0.1) is 5.92 Å². The van der Waals surface area contributed by atoms with Crippen LogP contribution in [0.2, 0.25) is 0 Å². The fourth-order valence-corrected chi connectivity index (χ4v) is 3.10. The number of rotatable bonds is 6. The summed E-state index contributed by atoms with van der Waals surface area (Å²) < 4.78 is 0. The van der Waals surface area contributed by atoms with Gasteiger partial charge >= 0.3 is 0 Å². The van der Waals surface area contributed by atoms with Crippen LogP contribution in [0.4, 0.5) is 0 Å². The van der Waals surface area contributed by atoms with Crippen LogP contribution in [0.5, 0.6) is 0 Å². The minimum absolute atomic E-state index is 0.168. The van der Waals surface area contributed by atoms with Crippen molar-refractivity contribution in [3.05, 3.63) is 66.4 Å². The van der Waals surface area contributed by atoms with Gasteiger partial charge in [0.15, 0.2) is 0 Å². The topological polar surface area (TPSA) is 67.8 Å². The molecule has 1 aliphatic carbocycles. The van der Waals surface area contributed by atoms with Gasteiger partial charge < -0.3 is 5.32 Å². The molecule has 0 saturated heterocycles. The molecule has 142 valence electrons. The van der Waals surface area contributed by atoms with E-state index >= 15 is 0 Å². The van der Waals surface area contributed by atoms with Crippen molar-refractivity contribution in [2.75, 3.05) is 0 Å². The van der Waals surface area contributed by atoms with E-state index in [-0.39, 0.29) is 17.7 Å². The third-order valence-electron chi connectivity index (χ3n) is 4.96. The van der Waals surface area contributed by atoms with Crippen molar-refractivity contribution in [1.29, 1.82) is 0 Å². The lowest BCUT2D eigenvalue weighted by Crippen LogP contribution is -2.24. The van der Waals surface area contributed by atoms with E-state index in [1.807, 2.05) is 18.3 Å². The number of benzene rings is 1. The zero-order valence-electron chi connectivity index (χ0n) is 16.2. The van der Waals surface area contributed by atoms with Crippen LogP contribution in [0.25, 0.3) is 22.4 Å². The van der Waals surface area contributed by atoms with E-state index in [2.05, 4.69) is 53.4 Å². The van der Waals surface area contributed by atoms with Gasteiger partial charge in [-0.1, -0.05) is 38.1 Å². The summed E-state index contributed by atoms with van der Waals surface area (Å²) in [7, 11) is 0. The van der Waals surface area contributed by atoms with Gasteiger partial charge in [0.1, 0.15) is 5.82 Å². The van der Waals surface area contributed by atoms with E-state index in [4.69, 9.17) is 4.98 Å². The molecule has 5 nitrogen and oxygen atoms in total. The van der Waals surface area contributed by atoms with Gasteiger partial charge in [0.05, 0.1) is 5.69 Å². The maximum atomic E-state index is 11.8. The lowest BCUT2D eigenvalue weighted by Gasteiger charge is -2.13. The van der Waals surface area contributed by atoms with Crippen molar-refractivity contribution in [3.8, 4) is 22.4 Å². The van der Waals surface area contributed by atoms with Crippen molar-refractivity contribution >= 4 is 5.91 Å². The molecule has 2 aromatic heterocycles. The smallest absolute Gasteiger partial charge is 0.223 e. The van der Waals surface area contributed by atoms with Gasteiger partial charge in [0, 0.05) is 48.1 Å². The van der Waals surface area contributed by atoms with E-state index in [9.17, 15) is 4.79 Å². The summed E-state index contributed by atoms with van der Waals surface area (Å²) in [5.74, 6) is 1.48. The maximum absolute atomic E-state index is 11.8. The number of pyridine rings is 1. The van der Waals surface area contributed by atoms with E-state index in [0.29, 0.717) is 6.54 Å². The predicted octanol–water partition coefficient (Wildman–Crippen LogP) is 4.36. The first kappa shape index (κ1) is 18.3. The fraction of sp³-hybridized carbons (Fsp3) is 0.304. The lowest BCUT2D eigenvalue weighted by molar-refractivity contribution is -0.122. The zero-order chi connectivity index (χ0) is 19.5. The highest BCUT2D eigenvalue weighted by Gasteiger charge is 2.29. The molecule has 28 heavy (non-hydrogen) atoms. The summed E-state index contributed by atoms with van der Waals surface area (Å²) in [4.78, 5) is 25.3. The first-order valence-corrected chi connectivity index (χ1v) is 9.76. The molecular weight excluding hydrogens is 348 g/mol. The quantitative estimate of drug-likeness (QED) is 0.698. The molecule has 3 aromatic rings. The number of aromatic nitrogens is 3. The van der Waals surface area contributed by atoms with Crippen LogP contribution in [0.15, 0.2) is 55.0 Å². The number of nitrogens with one attached hydrogen (secondary N) is 1. The Morgan fingerprint density at radius 3 is 2.43 bits per heavy atom. The molecule has 1 N–H and O–H groups in total. The number of amides is 1. The second kappa shape index (κ2) is 7.89. The first-order chi connectivity index (χ1) is 13.6. The second-order valence-corrected chi connectivity index (χ2v) is 7.57. The van der Waals surface area contributed by atoms with Crippen molar-refractivity contribution in [2.24, 2.45) is 5.92 Å². The lowest BCUT2D eigenvalue weighted by atomic mass is 10.00. The summed E-state index contributed by atoms with van der Waals surface area (Å²) in [6, 6.07) is 12.2. The van der Waals surface area contributed by atoms with Gasteiger partial charge in [-0.05, 0) is 36.1 Å². The van der Waals surface area contributed by atoms with Crippen LogP contribution < -0.4 is 5.32 Å². The number of hydrogen-bond acceptors (Lipinski definition) is 4. The molecule has 5 heteroatoms. The van der Waals surface area contributed by atoms with E-state index < -0.39 is 0 Å². The Bertz CT molecular complexity index is 964. The number of hydrogen-bond donors (Lipinski definition) is 1. The van der Waals surface area contributed by atoms with Crippen molar-refractivity contribution in [3.63, 3.8) is 0 Å². The highest BCUT2D eigenvalue weighted by atomic mass is 16.2. The van der Waals surface area contributed by atoms with E-state index in [0.717, 1.165) is 46.6 Å². The molecule has 0 radical (unpaired) electrons. The Morgan fingerprint density at radius 2 is 1.79 bits per heavy atom. The Kier molecular flexibility index (Phi) is 5.15. The molecule has 0 aliphatic heterocycles. The summed E-state index contributed by atoms with van der Waals surface area (Å²) >= 11 is 0. The molecule has 0 bridgehead atoms. The Morgan fingerprint density at radius 1 is 1.07 bits per heavy atom. The minimum Gasteiger partial charge on any atom is -0.352 e. The molecule has 0 atom stereocenters. The SMILES string of the molecule is CC(C)c1ncc(-c2ccncc2)c(-c2ccc(CNC(=O)C3CC3)cc2)n1. The molecule has 2 heterocycles. The van der Waals surface area contributed by atoms with Crippen LogP contribution in [0.3, 0.4) is 0 Å². The Labute approximate surface area is 165 Å². The molecule has 4 rings (SSSR count). The van der Waals surface area contributed by atoms with Crippen LogP contribution in [0.1, 0.15) is 44.0 Å². The normalized spacial score (nSPS) is 13.5. The van der Waals surface area contributed by atoms with E-state index in [1.165, 1.54) is 0 Å². The molecule has 1 amide bonds. The molecule has 0 unspecified atom stereocenters. The van der Waals surface area contributed by atoms with E-state index in [1.54, 1.807) is 12.4 Å². The average Bonchev–Trinajstić information content (AvgIpc) is 3.58. The zero-order valence-corrected chi connectivity index (χ0v) is 16.2. The predicted molar refractivity (Wildman–Crippen MR) is 109 cm³/mol. The van der Waals surface area contributed by atoms with Gasteiger partial charge in [0.2, 0.25) is 5.91 Å². The van der Waals surface area contributed by atoms with Gasteiger partial charge in [-0.15, -0.1) is 0 Å². The molecule has 1 aliphatic rings. The third kappa shape index (κ3) is 4.09. The molecule has 1 saturated carbocycles. The summed E-state index contributed by atoms with van der Waals surface area (Å²) in [6.45, 7) is 4.75. The van der Waals surface area contributed by atoms with Gasteiger partial charge in [0.25, 0.3) is 0 Å². The Balaban J connectivity index is 1.63. The number of nitrogens with zero attached hydrogens (tertiary/aromatic N) is 3. The van der Waals surface area contributed by atoms with Crippen LogP contribution in [-0.2, 0) is 11.3 Å². The average molecular weight is 372 g/mol. The molecule has 1 fully saturated rings. The standard InChI is InChI=1S/C23H24N4O/c1-15(2)22-25-14-20(17-9-11-24-12-10-17)21(27-22)18-5-3-16(4-6-18)13-26-23(28)19-7-8-19/h3-6,9-12,14-15,19H,7-8,13H2,1-2H3,(H,26,28). The monoisotopic (exact) mass is 372 g/mol. The Hall–Kier alpha value is -3.08. The van der Waals surface area contributed by atoms with Crippen molar-refractivity contribution in [2.45, 2.75) is 39.2 Å². The third-order valence-corrected chi connectivity index (χ3v) is 4.96. The van der Waals surface area contributed by atoms with Crippen molar-refractivity contribution in [1.82, 2.24) is 20.3 Å². The maximum Gasteiger partial charge on any atom is 0.223 e. The minimum atomic E-state index is 0.168. The highest BCUT2D eigenvalue weighted by Crippen LogP contribution is 2.31. The summed E-state index contributed by atoms with van der Waals surface area (Å²) in [5, 5.41) is 3.01. The first-order valence-electron chi connectivity index (χ1n) is 9.76. The second-order valence-electron chi connectivity index (χ2n) is 7.57. The van der Waals surface area contributed by atoms with Crippen LogP contribution >= 0.6 is 0 Å². The summed E-state index contributed by atoms with van der Waals surface area (Å²) in [5.41, 5.74) is 5.07. The van der Waals surface area contributed by atoms with Gasteiger partial charge in [-0.2, -0.15) is 0 Å². The van der Waals surface area contributed by atoms with Gasteiger partial charge in [-0.3, -0.25) is 9.78 Å². The van der Waals surface area contributed by atoms with Crippen LogP contribution in [-0.4, -0.2) is 20.9 Å². The largest absolute Gasteiger partial charge is 0.352 e.